The van der Waals surface area contributed by atoms with Crippen LogP contribution in [0.15, 0.2) is 21.9 Å². The molecule has 0 saturated carbocycles. The van der Waals surface area contributed by atoms with Crippen molar-refractivity contribution in [3.05, 3.63) is 33.1 Å². The minimum atomic E-state index is -4.66. The van der Waals surface area contributed by atoms with Crippen molar-refractivity contribution < 1.29 is 61.6 Å². The molecular formula is C19H29N2O15P. The first kappa shape index (κ1) is 30.4. The molecule has 0 unspecified atom stereocenters. The molecule has 1 fully saturated rings. The number of aromatic amines is 1. The Labute approximate surface area is 209 Å². The number of rotatable bonds is 12. The Morgan fingerprint density at radius 1 is 1.00 bits per heavy atom. The summed E-state index contributed by atoms with van der Waals surface area (Å²) in [5.41, 5.74) is -1.61. The minimum Gasteiger partial charge on any atom is -0.432 e. The normalized spacial score (nSPS) is 21.7. The van der Waals surface area contributed by atoms with Crippen LogP contribution in [0.2, 0.25) is 0 Å². The number of H-pyrrole nitrogens is 1. The number of hydrogen-bond acceptors (Lipinski definition) is 15. The lowest BCUT2D eigenvalue weighted by molar-refractivity contribution is -0.0700. The van der Waals surface area contributed by atoms with E-state index in [2.05, 4.69) is 9.47 Å². The highest BCUT2D eigenvalue weighted by Crippen LogP contribution is 2.50. The second kappa shape index (κ2) is 13.7. The van der Waals surface area contributed by atoms with Gasteiger partial charge >= 0.3 is 25.8 Å². The van der Waals surface area contributed by atoms with Crippen molar-refractivity contribution in [3.63, 3.8) is 0 Å². The van der Waals surface area contributed by atoms with Crippen molar-refractivity contribution >= 4 is 20.1 Å². The smallest absolute Gasteiger partial charge is 0.432 e. The van der Waals surface area contributed by atoms with Gasteiger partial charge in [-0.25, -0.2) is 28.0 Å². The molecule has 1 saturated heterocycles. The van der Waals surface area contributed by atoms with Gasteiger partial charge in [0, 0.05) is 12.3 Å². The van der Waals surface area contributed by atoms with Gasteiger partial charge < -0.3 is 33.9 Å². The Bertz CT molecular complexity index is 1040. The Kier molecular flexibility index (Phi) is 11.2. The van der Waals surface area contributed by atoms with Crippen LogP contribution >= 0.6 is 7.82 Å². The summed E-state index contributed by atoms with van der Waals surface area (Å²) in [7, 11) is -4.66. The van der Waals surface area contributed by atoms with Gasteiger partial charge in [-0.2, -0.15) is 0 Å². The average Bonchev–Trinajstić information content (AvgIpc) is 3.05. The fourth-order valence-corrected chi connectivity index (χ4v) is 3.65. The monoisotopic (exact) mass is 556 g/mol. The maximum absolute atomic E-state index is 13.0. The van der Waals surface area contributed by atoms with Crippen LogP contribution in [0.4, 0.5) is 9.59 Å². The SMILES string of the molecule is CC(C)OC(=O)OCOP(=O)(OCOC(=O)OC(C)C)OC[C@H]1O[C@@H](n2ccc(=O)[nH]c2=O)[C@H](O)[C@@H]1O. The van der Waals surface area contributed by atoms with E-state index in [0.29, 0.717) is 0 Å². The Morgan fingerprint density at radius 3 is 2.03 bits per heavy atom. The molecule has 0 aliphatic carbocycles. The molecule has 18 heteroatoms. The highest BCUT2D eigenvalue weighted by molar-refractivity contribution is 7.48. The molecule has 1 aliphatic heterocycles. The molecule has 1 aliphatic rings. The second-order valence-corrected chi connectivity index (χ2v) is 9.59. The summed E-state index contributed by atoms with van der Waals surface area (Å²) in [6.45, 7) is 3.56. The van der Waals surface area contributed by atoms with Gasteiger partial charge in [0.15, 0.2) is 6.23 Å². The lowest BCUT2D eigenvalue weighted by Crippen LogP contribution is -2.37. The van der Waals surface area contributed by atoms with Crippen LogP contribution in [0.5, 0.6) is 0 Å². The van der Waals surface area contributed by atoms with Crippen LogP contribution < -0.4 is 11.2 Å². The van der Waals surface area contributed by atoms with Gasteiger partial charge in [-0.3, -0.25) is 18.9 Å². The zero-order valence-electron chi connectivity index (χ0n) is 20.3. The lowest BCUT2D eigenvalue weighted by Gasteiger charge is -2.21. The molecule has 0 radical (unpaired) electrons. The molecule has 0 bridgehead atoms. The molecule has 4 atom stereocenters. The first-order valence-corrected chi connectivity index (χ1v) is 12.3. The fraction of sp³-hybridized carbons (Fsp3) is 0.684. The quantitative estimate of drug-likeness (QED) is 0.180. The van der Waals surface area contributed by atoms with Crippen molar-refractivity contribution in [1.82, 2.24) is 9.55 Å². The van der Waals surface area contributed by atoms with E-state index in [9.17, 15) is 34.0 Å². The van der Waals surface area contributed by atoms with Crippen molar-refractivity contribution in [3.8, 4) is 0 Å². The molecule has 210 valence electrons. The van der Waals surface area contributed by atoms with Crippen molar-refractivity contribution in [1.29, 1.82) is 0 Å². The summed E-state index contributed by atoms with van der Waals surface area (Å²) >= 11 is 0. The van der Waals surface area contributed by atoms with Gasteiger partial charge in [0.2, 0.25) is 13.6 Å². The van der Waals surface area contributed by atoms with Gasteiger partial charge in [-0.1, -0.05) is 0 Å². The molecule has 0 aromatic carbocycles. The number of hydrogen-bond donors (Lipinski definition) is 3. The van der Waals surface area contributed by atoms with E-state index in [1.807, 2.05) is 4.98 Å². The zero-order valence-corrected chi connectivity index (χ0v) is 21.2. The number of aliphatic hydroxyl groups excluding tert-OH is 2. The fourth-order valence-electron chi connectivity index (χ4n) is 2.73. The number of carbonyl (C=O) groups excluding carboxylic acids is 2. The van der Waals surface area contributed by atoms with Crippen molar-refractivity contribution in [2.45, 2.75) is 64.4 Å². The average molecular weight is 556 g/mol. The van der Waals surface area contributed by atoms with Crippen LogP contribution in [0.3, 0.4) is 0 Å². The summed E-state index contributed by atoms with van der Waals surface area (Å²) in [5.74, 6) is 0. The van der Waals surface area contributed by atoms with Crippen LogP contribution in [-0.2, 0) is 41.8 Å². The summed E-state index contributed by atoms with van der Waals surface area (Å²) in [5, 5.41) is 20.6. The van der Waals surface area contributed by atoms with Gasteiger partial charge in [0.25, 0.3) is 5.56 Å². The highest BCUT2D eigenvalue weighted by atomic mass is 31.2. The molecule has 37 heavy (non-hydrogen) atoms. The van der Waals surface area contributed by atoms with E-state index in [-0.39, 0.29) is 0 Å². The highest BCUT2D eigenvalue weighted by Gasteiger charge is 2.45. The van der Waals surface area contributed by atoms with Gasteiger partial charge in [-0.15, -0.1) is 0 Å². The van der Waals surface area contributed by atoms with E-state index >= 15 is 0 Å². The molecular weight excluding hydrogens is 527 g/mol. The summed E-state index contributed by atoms with van der Waals surface area (Å²) in [6.07, 6.45) is -8.38. The molecule has 1 aromatic heterocycles. The Morgan fingerprint density at radius 2 is 1.54 bits per heavy atom. The second-order valence-electron chi connectivity index (χ2n) is 7.92. The van der Waals surface area contributed by atoms with Gasteiger partial charge in [0.1, 0.15) is 18.3 Å². The maximum atomic E-state index is 13.0. The standard InChI is InChI=1S/C19H29N2O15P/c1-10(2)34-18(26)29-8-32-37(28,33-9-30-19(27)35-11(3)4)31-7-12-14(23)15(24)16(36-12)21-6-5-13(22)20-17(21)25/h5-6,10-12,14-16,23-24H,7-9H2,1-4H3,(H,20,22,25)/t12-,14-,15-,16-/m1/s1. The van der Waals surface area contributed by atoms with Crippen molar-refractivity contribution in [2.75, 3.05) is 20.2 Å². The summed E-state index contributed by atoms with van der Waals surface area (Å²) in [4.78, 5) is 48.2. The number of aliphatic hydroxyl groups is 2. The number of ether oxygens (including phenoxy) is 5. The van der Waals surface area contributed by atoms with Crippen LogP contribution in [0.25, 0.3) is 0 Å². The Balaban J connectivity index is 2.04. The third-order valence-corrected chi connectivity index (χ3v) is 5.61. The summed E-state index contributed by atoms with van der Waals surface area (Å²) < 4.78 is 52.7. The number of nitrogens with one attached hydrogen (secondary N) is 1. The van der Waals surface area contributed by atoms with E-state index in [4.69, 9.17) is 27.8 Å². The number of carbonyl (C=O) groups is 2. The molecule has 17 nitrogen and oxygen atoms in total. The first-order chi connectivity index (χ1) is 17.3. The van der Waals surface area contributed by atoms with E-state index in [1.165, 1.54) is 0 Å². The first-order valence-electron chi connectivity index (χ1n) is 10.8. The van der Waals surface area contributed by atoms with E-state index < -0.39 is 88.3 Å². The van der Waals surface area contributed by atoms with Crippen LogP contribution in [-0.4, -0.2) is 82.8 Å². The molecule has 2 rings (SSSR count). The zero-order chi connectivity index (χ0) is 27.8. The molecule has 0 amide bonds. The molecule has 3 N–H and O–H groups in total. The minimum absolute atomic E-state index is 0.512. The number of nitrogens with zero attached hydrogens (tertiary/aromatic N) is 1. The van der Waals surface area contributed by atoms with E-state index in [0.717, 1.165) is 16.8 Å². The topological polar surface area (TPSA) is 220 Å². The van der Waals surface area contributed by atoms with E-state index in [1.54, 1.807) is 27.7 Å². The molecule has 2 heterocycles. The van der Waals surface area contributed by atoms with Crippen LogP contribution in [0.1, 0.15) is 33.9 Å². The van der Waals surface area contributed by atoms with Crippen molar-refractivity contribution in [2.24, 2.45) is 0 Å². The Hall–Kier alpha value is -2.79. The van der Waals surface area contributed by atoms with Gasteiger partial charge in [-0.05, 0) is 27.7 Å². The third kappa shape index (κ3) is 9.55. The predicted octanol–water partition coefficient (Wildman–Crippen LogP) is 0.352. The third-order valence-electron chi connectivity index (χ3n) is 4.30. The lowest BCUT2D eigenvalue weighted by atomic mass is 10.1. The van der Waals surface area contributed by atoms with Gasteiger partial charge in [0.05, 0.1) is 18.8 Å². The number of phosphoric acid groups is 1. The maximum Gasteiger partial charge on any atom is 0.510 e. The molecule has 1 aromatic rings. The summed E-state index contributed by atoms with van der Waals surface area (Å²) in [6, 6.07) is 0.998. The number of phosphoric ester groups is 1. The molecule has 0 spiro atoms. The predicted molar refractivity (Wildman–Crippen MR) is 118 cm³/mol. The largest absolute Gasteiger partial charge is 0.510 e. The van der Waals surface area contributed by atoms with Crippen LogP contribution in [0, 0.1) is 0 Å². The number of aromatic nitrogens is 2.